The van der Waals surface area contributed by atoms with Crippen LogP contribution in [0.2, 0.25) is 0 Å². The van der Waals surface area contributed by atoms with Gasteiger partial charge in [-0.05, 0) is 46.1 Å². The van der Waals surface area contributed by atoms with Crippen molar-refractivity contribution in [3.05, 3.63) is 17.5 Å². The smallest absolute Gasteiger partial charge is 0.356 e. The minimum Gasteiger partial charge on any atom is -0.461 e. The second-order valence-electron chi connectivity index (χ2n) is 4.65. The Morgan fingerprint density at radius 2 is 2.31 bits per heavy atom. The summed E-state index contributed by atoms with van der Waals surface area (Å²) < 4.78 is 6.90. The van der Waals surface area contributed by atoms with Gasteiger partial charge in [0.05, 0.1) is 17.8 Å². The second kappa shape index (κ2) is 3.92. The zero-order chi connectivity index (χ0) is 11.8. The van der Waals surface area contributed by atoms with Crippen LogP contribution < -0.4 is 0 Å². The second-order valence-corrected chi connectivity index (χ2v) is 4.65. The zero-order valence-corrected chi connectivity index (χ0v) is 10.1. The lowest BCUT2D eigenvalue weighted by Crippen LogP contribution is -2.40. The Balaban J connectivity index is 2.34. The number of esters is 1. The van der Waals surface area contributed by atoms with Crippen LogP contribution >= 0.6 is 0 Å². The zero-order valence-electron chi connectivity index (χ0n) is 10.1. The molecule has 0 aromatic carbocycles. The molecular weight excluding hydrogens is 204 g/mol. The summed E-state index contributed by atoms with van der Waals surface area (Å²) in [5, 5.41) is 4.42. The lowest BCUT2D eigenvalue weighted by Gasteiger charge is -2.39. The van der Waals surface area contributed by atoms with Crippen LogP contribution in [0, 0.1) is 6.92 Å². The third kappa shape index (κ3) is 1.72. The molecule has 2 rings (SSSR count). The molecule has 0 spiro atoms. The molecule has 0 radical (unpaired) electrons. The van der Waals surface area contributed by atoms with Crippen LogP contribution in [0.1, 0.15) is 49.3 Å². The fourth-order valence-electron chi connectivity index (χ4n) is 2.16. The molecule has 4 nitrogen and oxygen atoms in total. The summed E-state index contributed by atoms with van der Waals surface area (Å²) in [7, 11) is 0. The van der Waals surface area contributed by atoms with E-state index in [0.29, 0.717) is 12.3 Å². The van der Waals surface area contributed by atoms with E-state index in [1.54, 1.807) is 0 Å². The van der Waals surface area contributed by atoms with E-state index in [9.17, 15) is 4.79 Å². The first kappa shape index (κ1) is 11.2. The highest BCUT2D eigenvalue weighted by Gasteiger charge is 2.37. The van der Waals surface area contributed by atoms with Crippen molar-refractivity contribution in [2.75, 3.05) is 6.61 Å². The molecule has 88 valence electrons. The van der Waals surface area contributed by atoms with Crippen molar-refractivity contribution in [2.45, 2.75) is 45.6 Å². The number of aromatic nitrogens is 2. The van der Waals surface area contributed by atoms with Crippen LogP contribution in [-0.2, 0) is 10.3 Å². The van der Waals surface area contributed by atoms with Crippen LogP contribution in [0.25, 0.3) is 0 Å². The Kier molecular flexibility index (Phi) is 2.74. The first-order chi connectivity index (χ1) is 7.57. The highest BCUT2D eigenvalue weighted by atomic mass is 16.5. The van der Waals surface area contributed by atoms with E-state index in [1.165, 1.54) is 6.42 Å². The van der Waals surface area contributed by atoms with Gasteiger partial charge in [0.1, 0.15) is 5.69 Å². The monoisotopic (exact) mass is 222 g/mol. The van der Waals surface area contributed by atoms with Gasteiger partial charge in [-0.25, -0.2) is 4.79 Å². The third-order valence-electron chi connectivity index (χ3n) is 3.26. The van der Waals surface area contributed by atoms with Crippen LogP contribution in [0.5, 0.6) is 0 Å². The van der Waals surface area contributed by atoms with Crippen LogP contribution in [-0.4, -0.2) is 22.4 Å². The van der Waals surface area contributed by atoms with Gasteiger partial charge in [-0.2, -0.15) is 5.10 Å². The lowest BCUT2D eigenvalue weighted by molar-refractivity contribution is 0.0481. The Morgan fingerprint density at radius 3 is 2.81 bits per heavy atom. The van der Waals surface area contributed by atoms with Crippen molar-refractivity contribution in [1.29, 1.82) is 0 Å². The van der Waals surface area contributed by atoms with Crippen molar-refractivity contribution in [1.82, 2.24) is 9.78 Å². The fourth-order valence-corrected chi connectivity index (χ4v) is 2.16. The predicted octanol–water partition coefficient (Wildman–Crippen LogP) is 2.27. The van der Waals surface area contributed by atoms with E-state index < -0.39 is 0 Å². The van der Waals surface area contributed by atoms with E-state index in [1.807, 2.05) is 24.6 Å². The van der Waals surface area contributed by atoms with Gasteiger partial charge in [-0.3, -0.25) is 4.68 Å². The van der Waals surface area contributed by atoms with E-state index in [-0.39, 0.29) is 11.5 Å². The topological polar surface area (TPSA) is 44.1 Å². The molecule has 1 aromatic heterocycles. The molecule has 0 aliphatic heterocycles. The Hall–Kier alpha value is -1.32. The average molecular weight is 222 g/mol. The van der Waals surface area contributed by atoms with Gasteiger partial charge in [0.2, 0.25) is 0 Å². The van der Waals surface area contributed by atoms with Gasteiger partial charge < -0.3 is 4.74 Å². The van der Waals surface area contributed by atoms with Crippen molar-refractivity contribution in [3.63, 3.8) is 0 Å². The summed E-state index contributed by atoms with van der Waals surface area (Å²) in [5.41, 5.74) is 1.47. The van der Waals surface area contributed by atoms with Crippen LogP contribution in [0.3, 0.4) is 0 Å². The number of hydrogen-bond donors (Lipinski definition) is 0. The van der Waals surface area contributed by atoms with Gasteiger partial charge >= 0.3 is 5.97 Å². The summed E-state index contributed by atoms with van der Waals surface area (Å²) in [6.45, 7) is 6.27. The van der Waals surface area contributed by atoms with Crippen molar-refractivity contribution in [3.8, 4) is 0 Å². The maximum atomic E-state index is 11.8. The largest absolute Gasteiger partial charge is 0.461 e. The maximum absolute atomic E-state index is 11.8. The van der Waals surface area contributed by atoms with Crippen LogP contribution in [0.15, 0.2) is 6.07 Å². The summed E-state index contributed by atoms with van der Waals surface area (Å²) in [6, 6.07) is 1.81. The molecule has 0 N–H and O–H groups in total. The van der Waals surface area contributed by atoms with Crippen molar-refractivity contribution >= 4 is 5.97 Å². The molecular formula is C12H18N2O2. The van der Waals surface area contributed by atoms with Gasteiger partial charge in [0.15, 0.2) is 0 Å². The van der Waals surface area contributed by atoms with Gasteiger partial charge in [0, 0.05) is 0 Å². The molecule has 1 aromatic rings. The molecule has 1 fully saturated rings. The molecule has 1 heterocycles. The fraction of sp³-hybridized carbons (Fsp3) is 0.667. The predicted molar refractivity (Wildman–Crippen MR) is 60.4 cm³/mol. The van der Waals surface area contributed by atoms with Gasteiger partial charge in [-0.15, -0.1) is 0 Å². The van der Waals surface area contributed by atoms with Gasteiger partial charge in [0.25, 0.3) is 0 Å². The number of carbonyl (C=O) groups is 1. The Bertz CT molecular complexity index is 405. The lowest BCUT2D eigenvalue weighted by atomic mass is 9.78. The third-order valence-corrected chi connectivity index (χ3v) is 3.26. The molecule has 0 saturated heterocycles. The minimum absolute atomic E-state index is 0.0103. The molecule has 1 aliphatic carbocycles. The highest BCUT2D eigenvalue weighted by molar-refractivity contribution is 5.87. The molecule has 0 atom stereocenters. The molecule has 1 saturated carbocycles. The number of carbonyl (C=O) groups excluding carboxylic acids is 1. The molecule has 0 amide bonds. The number of hydrogen-bond acceptors (Lipinski definition) is 3. The summed E-state index contributed by atoms with van der Waals surface area (Å²) in [6.07, 6.45) is 3.37. The van der Waals surface area contributed by atoms with E-state index in [2.05, 4.69) is 12.0 Å². The Labute approximate surface area is 95.6 Å². The first-order valence-corrected chi connectivity index (χ1v) is 5.81. The average Bonchev–Trinajstić information content (AvgIpc) is 2.57. The van der Waals surface area contributed by atoms with Gasteiger partial charge in [-0.1, -0.05) is 0 Å². The SMILES string of the molecule is CCOC(=O)c1cc(C)nn1C1(C)CCC1. The van der Waals surface area contributed by atoms with Crippen molar-refractivity contribution < 1.29 is 9.53 Å². The first-order valence-electron chi connectivity index (χ1n) is 5.81. The molecule has 4 heteroatoms. The molecule has 1 aliphatic rings. The molecule has 0 unspecified atom stereocenters. The quantitative estimate of drug-likeness (QED) is 0.737. The summed E-state index contributed by atoms with van der Waals surface area (Å²) in [4.78, 5) is 11.8. The van der Waals surface area contributed by atoms with E-state index in [0.717, 1.165) is 18.5 Å². The number of aryl methyl sites for hydroxylation is 1. The normalized spacial score (nSPS) is 17.9. The highest BCUT2D eigenvalue weighted by Crippen LogP contribution is 2.39. The van der Waals surface area contributed by atoms with Crippen LogP contribution in [0.4, 0.5) is 0 Å². The summed E-state index contributed by atoms with van der Waals surface area (Å²) in [5.74, 6) is -0.267. The van der Waals surface area contributed by atoms with E-state index in [4.69, 9.17) is 4.74 Å². The maximum Gasteiger partial charge on any atom is 0.356 e. The van der Waals surface area contributed by atoms with Crippen molar-refractivity contribution in [2.24, 2.45) is 0 Å². The molecule has 0 bridgehead atoms. The number of nitrogens with zero attached hydrogens (tertiary/aromatic N) is 2. The Morgan fingerprint density at radius 1 is 1.62 bits per heavy atom. The number of ether oxygens (including phenoxy) is 1. The number of rotatable bonds is 3. The summed E-state index contributed by atoms with van der Waals surface area (Å²) >= 11 is 0. The minimum atomic E-state index is -0.267. The standard InChI is InChI=1S/C12H18N2O2/c1-4-16-11(15)10-8-9(2)13-14(10)12(3)6-5-7-12/h8H,4-7H2,1-3H3. The molecule has 16 heavy (non-hydrogen) atoms. The van der Waals surface area contributed by atoms with E-state index >= 15 is 0 Å².